The maximum atomic E-state index is 13.2. The van der Waals surface area contributed by atoms with Crippen molar-refractivity contribution < 1.29 is 4.39 Å². The van der Waals surface area contributed by atoms with Gasteiger partial charge >= 0.3 is 0 Å². The number of rotatable bonds is 3. The maximum Gasteiger partial charge on any atom is 0.186 e. The number of aromatic amines is 1. The van der Waals surface area contributed by atoms with Crippen LogP contribution in [0, 0.1) is 17.1 Å². The molecule has 0 spiro atoms. The number of H-pyrrole nitrogens is 1. The van der Waals surface area contributed by atoms with E-state index in [-0.39, 0.29) is 11.5 Å². The molecule has 2 aromatic carbocycles. The molecule has 0 aliphatic carbocycles. The molecule has 0 amide bonds. The zero-order valence-corrected chi connectivity index (χ0v) is 12.6. The summed E-state index contributed by atoms with van der Waals surface area (Å²) >= 11 is 0. The molecule has 0 aliphatic heterocycles. The van der Waals surface area contributed by atoms with Crippen LogP contribution >= 0.6 is 0 Å². The molecule has 116 valence electrons. The first-order chi connectivity index (χ1) is 11.8. The van der Waals surface area contributed by atoms with Crippen molar-refractivity contribution in [3.05, 3.63) is 77.5 Å². The van der Waals surface area contributed by atoms with Gasteiger partial charge in [-0.3, -0.25) is 0 Å². The van der Waals surface area contributed by atoms with E-state index in [9.17, 15) is 9.65 Å². The smallest absolute Gasteiger partial charge is 0.186 e. The number of halogens is 1. The van der Waals surface area contributed by atoms with Crippen molar-refractivity contribution in [3.63, 3.8) is 0 Å². The highest BCUT2D eigenvalue weighted by molar-refractivity contribution is 5.83. The van der Waals surface area contributed by atoms with E-state index >= 15 is 0 Å². The number of benzene rings is 2. The summed E-state index contributed by atoms with van der Waals surface area (Å²) < 4.78 is 14.7. The highest BCUT2D eigenvalue weighted by Gasteiger charge is 2.16. The van der Waals surface area contributed by atoms with Crippen molar-refractivity contribution in [2.24, 2.45) is 0 Å². The van der Waals surface area contributed by atoms with Crippen LogP contribution in [0.15, 0.2) is 54.7 Å². The topological polar surface area (TPSA) is 70.3 Å². The van der Waals surface area contributed by atoms with Gasteiger partial charge in [0.15, 0.2) is 5.69 Å². The van der Waals surface area contributed by atoms with Crippen LogP contribution in [0.25, 0.3) is 16.6 Å². The molecular weight excluding hydrogens is 305 g/mol. The van der Waals surface area contributed by atoms with E-state index in [1.165, 1.54) is 12.1 Å². The largest absolute Gasteiger partial charge is 0.361 e. The van der Waals surface area contributed by atoms with Gasteiger partial charge in [0.2, 0.25) is 0 Å². The number of hydrogen-bond acceptors (Lipinski definition) is 3. The van der Waals surface area contributed by atoms with Gasteiger partial charge in [-0.1, -0.05) is 23.4 Å². The van der Waals surface area contributed by atoms with E-state index in [4.69, 9.17) is 0 Å². The monoisotopic (exact) mass is 317 g/mol. The molecule has 24 heavy (non-hydrogen) atoms. The number of fused-ring (bicyclic) bond motifs is 1. The Morgan fingerprint density at radius 1 is 1.12 bits per heavy atom. The van der Waals surface area contributed by atoms with Crippen LogP contribution in [-0.4, -0.2) is 20.0 Å². The van der Waals surface area contributed by atoms with Crippen LogP contribution in [0.4, 0.5) is 4.39 Å². The van der Waals surface area contributed by atoms with Crippen molar-refractivity contribution in [2.75, 3.05) is 0 Å². The summed E-state index contributed by atoms with van der Waals surface area (Å²) in [6, 6.07) is 16.0. The van der Waals surface area contributed by atoms with Crippen molar-refractivity contribution in [2.45, 2.75) is 6.42 Å². The van der Waals surface area contributed by atoms with Crippen molar-refractivity contribution >= 4 is 10.9 Å². The van der Waals surface area contributed by atoms with Gasteiger partial charge in [-0.25, -0.2) is 9.07 Å². The van der Waals surface area contributed by atoms with Crippen LogP contribution in [0.3, 0.4) is 0 Å². The summed E-state index contributed by atoms with van der Waals surface area (Å²) in [6.45, 7) is 0. The first-order valence-corrected chi connectivity index (χ1v) is 7.42. The Hall–Kier alpha value is -3.46. The zero-order valence-electron chi connectivity index (χ0n) is 12.6. The average molecular weight is 317 g/mol. The lowest BCUT2D eigenvalue weighted by atomic mass is 10.1. The van der Waals surface area contributed by atoms with Gasteiger partial charge in [0.1, 0.15) is 11.9 Å². The summed E-state index contributed by atoms with van der Waals surface area (Å²) in [6.07, 6.45) is 2.42. The Bertz CT molecular complexity index is 1050. The average Bonchev–Trinajstić information content (AvgIpc) is 3.21. The van der Waals surface area contributed by atoms with Crippen LogP contribution < -0.4 is 0 Å². The van der Waals surface area contributed by atoms with Crippen LogP contribution in [0.5, 0.6) is 0 Å². The Kier molecular flexibility index (Phi) is 3.32. The standard InChI is InChI=1S/C18H12FN5/c19-13-5-7-14(8-6-13)24-18(17(10-20)22-23-24)9-12-11-21-16-4-2-1-3-15(12)16/h1-8,11,21H,9H2. The predicted octanol–water partition coefficient (Wildman–Crippen LogP) is 3.35. The molecule has 2 aromatic heterocycles. The fourth-order valence-corrected chi connectivity index (χ4v) is 2.79. The van der Waals surface area contributed by atoms with Gasteiger partial charge in [-0.2, -0.15) is 5.26 Å². The minimum Gasteiger partial charge on any atom is -0.361 e. The van der Waals surface area contributed by atoms with E-state index in [1.54, 1.807) is 16.8 Å². The van der Waals surface area contributed by atoms with E-state index in [0.29, 0.717) is 17.8 Å². The van der Waals surface area contributed by atoms with Gasteiger partial charge in [0.25, 0.3) is 0 Å². The maximum absolute atomic E-state index is 13.2. The van der Waals surface area contributed by atoms with Gasteiger partial charge in [0.05, 0.1) is 11.4 Å². The van der Waals surface area contributed by atoms with Gasteiger partial charge < -0.3 is 4.98 Å². The Balaban J connectivity index is 1.81. The molecule has 6 heteroatoms. The van der Waals surface area contributed by atoms with Crippen molar-refractivity contribution in [1.29, 1.82) is 5.26 Å². The number of nitrogens with one attached hydrogen (secondary N) is 1. The van der Waals surface area contributed by atoms with E-state index in [1.807, 2.05) is 30.5 Å². The van der Waals surface area contributed by atoms with Gasteiger partial charge in [-0.05, 0) is 35.9 Å². The highest BCUT2D eigenvalue weighted by atomic mass is 19.1. The number of para-hydroxylation sites is 1. The molecule has 0 saturated carbocycles. The summed E-state index contributed by atoms with van der Waals surface area (Å²) in [5.74, 6) is -0.322. The third-order valence-electron chi connectivity index (χ3n) is 3.97. The molecule has 0 bridgehead atoms. The van der Waals surface area contributed by atoms with Crippen molar-refractivity contribution in [3.8, 4) is 11.8 Å². The lowest BCUT2D eigenvalue weighted by Crippen LogP contribution is -2.04. The molecule has 0 radical (unpaired) electrons. The summed E-state index contributed by atoms with van der Waals surface area (Å²) in [7, 11) is 0. The second-order valence-corrected chi connectivity index (χ2v) is 5.42. The van der Waals surface area contributed by atoms with Crippen LogP contribution in [0.2, 0.25) is 0 Å². The second-order valence-electron chi connectivity index (χ2n) is 5.42. The normalized spacial score (nSPS) is 10.8. The molecule has 4 aromatic rings. The fourth-order valence-electron chi connectivity index (χ4n) is 2.79. The third kappa shape index (κ3) is 2.32. The predicted molar refractivity (Wildman–Crippen MR) is 87.1 cm³/mol. The van der Waals surface area contributed by atoms with E-state index in [2.05, 4.69) is 21.4 Å². The molecule has 2 heterocycles. The minimum absolute atomic E-state index is 0.268. The zero-order chi connectivity index (χ0) is 16.5. The Morgan fingerprint density at radius 3 is 2.71 bits per heavy atom. The number of hydrogen-bond donors (Lipinski definition) is 1. The molecule has 5 nitrogen and oxygen atoms in total. The van der Waals surface area contributed by atoms with Crippen LogP contribution in [0.1, 0.15) is 17.0 Å². The molecule has 4 rings (SSSR count). The minimum atomic E-state index is -0.322. The SMILES string of the molecule is N#Cc1nnn(-c2ccc(F)cc2)c1Cc1c[nH]c2ccccc12. The van der Waals surface area contributed by atoms with Crippen molar-refractivity contribution in [1.82, 2.24) is 20.0 Å². The lowest BCUT2D eigenvalue weighted by molar-refractivity contribution is 0.626. The molecule has 0 unspecified atom stereocenters. The molecule has 0 saturated heterocycles. The van der Waals surface area contributed by atoms with E-state index < -0.39 is 0 Å². The third-order valence-corrected chi connectivity index (χ3v) is 3.97. The first kappa shape index (κ1) is 14.2. The lowest BCUT2D eigenvalue weighted by Gasteiger charge is -2.06. The molecular formula is C18H12FN5. The first-order valence-electron chi connectivity index (χ1n) is 7.42. The summed E-state index contributed by atoms with van der Waals surface area (Å²) in [5, 5.41) is 18.4. The number of aromatic nitrogens is 4. The summed E-state index contributed by atoms with van der Waals surface area (Å²) in [4.78, 5) is 3.22. The number of nitriles is 1. The molecule has 0 atom stereocenters. The Morgan fingerprint density at radius 2 is 1.92 bits per heavy atom. The van der Waals surface area contributed by atoms with Gasteiger partial charge in [-0.15, -0.1) is 5.10 Å². The Labute approximate surface area is 137 Å². The molecule has 0 fully saturated rings. The van der Waals surface area contributed by atoms with E-state index in [0.717, 1.165) is 16.5 Å². The molecule has 0 aliphatic rings. The highest BCUT2D eigenvalue weighted by Crippen LogP contribution is 2.23. The summed E-state index contributed by atoms with van der Waals surface area (Å²) in [5.41, 5.74) is 3.69. The fraction of sp³-hybridized carbons (Fsp3) is 0.0556. The quantitative estimate of drug-likeness (QED) is 0.630. The number of nitrogens with zero attached hydrogens (tertiary/aromatic N) is 4. The van der Waals surface area contributed by atoms with Crippen LogP contribution in [-0.2, 0) is 6.42 Å². The van der Waals surface area contributed by atoms with Gasteiger partial charge in [0, 0.05) is 23.5 Å². The second kappa shape index (κ2) is 5.63. The molecule has 1 N–H and O–H groups in total.